The maximum atomic E-state index is 11.0. The number of rotatable bonds is 8. The van der Waals surface area contributed by atoms with Crippen molar-refractivity contribution in [2.24, 2.45) is 5.92 Å². The number of carboxylic acids is 1. The molecule has 0 fully saturated rings. The zero-order chi connectivity index (χ0) is 12.4. The van der Waals surface area contributed by atoms with Crippen LogP contribution in [0.15, 0.2) is 0 Å². The lowest BCUT2D eigenvalue weighted by molar-refractivity contribution is -0.308. The van der Waals surface area contributed by atoms with Gasteiger partial charge in [0.1, 0.15) is 6.61 Å². The van der Waals surface area contributed by atoms with Crippen LogP contribution in [0.2, 0.25) is 0 Å². The van der Waals surface area contributed by atoms with Crippen LogP contribution in [0, 0.1) is 5.92 Å². The predicted molar refractivity (Wildman–Crippen MR) is 57.7 cm³/mol. The van der Waals surface area contributed by atoms with Crippen LogP contribution in [0.25, 0.3) is 0 Å². The number of unbranched alkanes of at least 4 members (excludes halogenated alkanes) is 1. The van der Waals surface area contributed by atoms with Crippen LogP contribution in [0.1, 0.15) is 39.5 Å². The van der Waals surface area contributed by atoms with E-state index >= 15 is 0 Å². The highest BCUT2D eigenvalue weighted by Crippen LogP contribution is 2.11. The zero-order valence-corrected chi connectivity index (χ0v) is 9.95. The fraction of sp³-hybridized carbons (Fsp3) is 0.818. The summed E-state index contributed by atoms with van der Waals surface area (Å²) in [6, 6.07) is 0. The molecular formula is C11H20NO4-. The quantitative estimate of drug-likeness (QED) is 0.665. The Morgan fingerprint density at radius 1 is 1.38 bits per heavy atom. The van der Waals surface area contributed by atoms with E-state index in [4.69, 9.17) is 0 Å². The SMILES string of the molecule is CCCCC(CC)CNC(=O)OCC(=O)[O-]. The van der Waals surface area contributed by atoms with Crippen LogP contribution >= 0.6 is 0 Å². The van der Waals surface area contributed by atoms with Gasteiger partial charge in [0, 0.05) is 6.54 Å². The van der Waals surface area contributed by atoms with E-state index in [1.54, 1.807) is 0 Å². The highest BCUT2D eigenvalue weighted by Gasteiger charge is 2.08. The summed E-state index contributed by atoms with van der Waals surface area (Å²) in [5, 5.41) is 12.6. The van der Waals surface area contributed by atoms with Gasteiger partial charge in [0.05, 0.1) is 5.97 Å². The highest BCUT2D eigenvalue weighted by atomic mass is 16.6. The van der Waals surface area contributed by atoms with Gasteiger partial charge in [-0.05, 0) is 12.3 Å². The number of hydrogen-bond donors (Lipinski definition) is 1. The summed E-state index contributed by atoms with van der Waals surface area (Å²) in [5.41, 5.74) is 0. The molecule has 0 aliphatic heterocycles. The summed E-state index contributed by atoms with van der Waals surface area (Å²) >= 11 is 0. The van der Waals surface area contributed by atoms with Crippen LogP contribution in [-0.4, -0.2) is 25.2 Å². The standard InChI is InChI=1S/C11H21NO4/c1-3-5-6-9(4-2)7-12-11(15)16-8-10(13)14/h9H,3-8H2,1-2H3,(H,12,15)(H,13,14)/p-1. The minimum Gasteiger partial charge on any atom is -0.546 e. The molecule has 0 aromatic heterocycles. The molecule has 0 rings (SSSR count). The fourth-order valence-electron chi connectivity index (χ4n) is 1.35. The largest absolute Gasteiger partial charge is 0.546 e. The summed E-state index contributed by atoms with van der Waals surface area (Å²) in [6.45, 7) is 4.02. The zero-order valence-electron chi connectivity index (χ0n) is 9.95. The molecule has 0 saturated carbocycles. The van der Waals surface area contributed by atoms with E-state index in [9.17, 15) is 14.7 Å². The lowest BCUT2D eigenvalue weighted by atomic mass is 10.00. The van der Waals surface area contributed by atoms with Crippen molar-refractivity contribution in [1.82, 2.24) is 5.32 Å². The third-order valence-electron chi connectivity index (χ3n) is 2.40. The summed E-state index contributed by atoms with van der Waals surface area (Å²) in [4.78, 5) is 21.0. The molecule has 1 N–H and O–H groups in total. The number of carbonyl (C=O) groups is 2. The first-order valence-electron chi connectivity index (χ1n) is 5.70. The monoisotopic (exact) mass is 230 g/mol. The predicted octanol–water partition coefficient (Wildman–Crippen LogP) is 0.679. The van der Waals surface area contributed by atoms with Crippen molar-refractivity contribution < 1.29 is 19.4 Å². The molecule has 0 aliphatic rings. The summed E-state index contributed by atoms with van der Waals surface area (Å²) in [5.74, 6) is -0.969. The van der Waals surface area contributed by atoms with E-state index in [2.05, 4.69) is 23.9 Å². The Hall–Kier alpha value is -1.26. The molecule has 0 saturated heterocycles. The van der Waals surface area contributed by atoms with E-state index < -0.39 is 18.7 Å². The first-order valence-corrected chi connectivity index (χ1v) is 5.70. The lowest BCUT2D eigenvalue weighted by Gasteiger charge is -2.15. The Morgan fingerprint density at radius 2 is 2.06 bits per heavy atom. The van der Waals surface area contributed by atoms with Crippen molar-refractivity contribution in [1.29, 1.82) is 0 Å². The van der Waals surface area contributed by atoms with Gasteiger partial charge in [0.15, 0.2) is 0 Å². The molecule has 0 bridgehead atoms. The average Bonchev–Trinajstić information content (AvgIpc) is 2.26. The van der Waals surface area contributed by atoms with Gasteiger partial charge in [-0.2, -0.15) is 0 Å². The Balaban J connectivity index is 3.66. The van der Waals surface area contributed by atoms with Gasteiger partial charge < -0.3 is 20.0 Å². The lowest BCUT2D eigenvalue weighted by Crippen LogP contribution is -2.34. The number of carboxylic acid groups (broad SMARTS) is 1. The van der Waals surface area contributed by atoms with E-state index in [1.807, 2.05) is 0 Å². The van der Waals surface area contributed by atoms with Crippen molar-refractivity contribution in [2.75, 3.05) is 13.2 Å². The maximum absolute atomic E-state index is 11.0. The molecule has 16 heavy (non-hydrogen) atoms. The molecule has 0 spiro atoms. The maximum Gasteiger partial charge on any atom is 0.407 e. The molecule has 94 valence electrons. The number of nitrogens with one attached hydrogen (secondary N) is 1. The number of amides is 1. The second kappa shape index (κ2) is 9.00. The first kappa shape index (κ1) is 14.7. The smallest absolute Gasteiger partial charge is 0.407 e. The highest BCUT2D eigenvalue weighted by molar-refractivity contribution is 5.72. The molecule has 1 unspecified atom stereocenters. The molecule has 1 atom stereocenters. The van der Waals surface area contributed by atoms with Crippen molar-refractivity contribution >= 4 is 12.1 Å². The van der Waals surface area contributed by atoms with Crippen LogP contribution in [0.3, 0.4) is 0 Å². The van der Waals surface area contributed by atoms with Crippen molar-refractivity contribution in [3.63, 3.8) is 0 Å². The molecule has 0 aromatic carbocycles. The second-order valence-corrected chi connectivity index (χ2v) is 3.75. The minimum absolute atomic E-state index is 0.426. The van der Waals surface area contributed by atoms with Gasteiger partial charge >= 0.3 is 6.09 Å². The molecule has 0 aliphatic carbocycles. The van der Waals surface area contributed by atoms with Crippen LogP contribution < -0.4 is 10.4 Å². The molecule has 0 heterocycles. The number of aliphatic carboxylic acids is 1. The number of ether oxygens (including phenoxy) is 1. The Labute approximate surface area is 96.2 Å². The molecule has 0 radical (unpaired) electrons. The summed E-state index contributed by atoms with van der Waals surface area (Å²) in [7, 11) is 0. The molecule has 1 amide bonds. The van der Waals surface area contributed by atoms with Gasteiger partial charge in [-0.3, -0.25) is 0 Å². The van der Waals surface area contributed by atoms with E-state index in [0.717, 1.165) is 25.7 Å². The van der Waals surface area contributed by atoms with Crippen LogP contribution in [0.4, 0.5) is 4.79 Å². The summed E-state index contributed by atoms with van der Waals surface area (Å²) in [6.07, 6.45) is 3.62. The Bertz CT molecular complexity index is 218. The van der Waals surface area contributed by atoms with Gasteiger partial charge in [-0.25, -0.2) is 4.79 Å². The minimum atomic E-state index is -1.40. The van der Waals surface area contributed by atoms with E-state index in [-0.39, 0.29) is 0 Å². The van der Waals surface area contributed by atoms with Crippen molar-refractivity contribution in [2.45, 2.75) is 39.5 Å². The molecule has 5 heteroatoms. The second-order valence-electron chi connectivity index (χ2n) is 3.75. The third-order valence-corrected chi connectivity index (χ3v) is 2.40. The summed E-state index contributed by atoms with van der Waals surface area (Å²) < 4.78 is 4.39. The topological polar surface area (TPSA) is 78.5 Å². The van der Waals surface area contributed by atoms with E-state index in [0.29, 0.717) is 12.5 Å². The number of hydrogen-bond acceptors (Lipinski definition) is 4. The average molecular weight is 230 g/mol. The molecule has 0 aromatic rings. The van der Waals surface area contributed by atoms with Crippen molar-refractivity contribution in [3.8, 4) is 0 Å². The van der Waals surface area contributed by atoms with Gasteiger partial charge in [0.25, 0.3) is 0 Å². The van der Waals surface area contributed by atoms with Gasteiger partial charge in [-0.15, -0.1) is 0 Å². The third kappa shape index (κ3) is 8.08. The normalized spacial score (nSPS) is 11.9. The Kier molecular flexibility index (Phi) is 8.29. The molecule has 5 nitrogen and oxygen atoms in total. The Morgan fingerprint density at radius 3 is 2.56 bits per heavy atom. The number of alkyl carbamates (subject to hydrolysis) is 1. The fourth-order valence-corrected chi connectivity index (χ4v) is 1.35. The van der Waals surface area contributed by atoms with Crippen LogP contribution in [-0.2, 0) is 9.53 Å². The van der Waals surface area contributed by atoms with Crippen LogP contribution in [0.5, 0.6) is 0 Å². The first-order chi connectivity index (χ1) is 7.60. The van der Waals surface area contributed by atoms with Gasteiger partial charge in [0.2, 0.25) is 0 Å². The molecular weight excluding hydrogens is 210 g/mol. The number of carbonyl (C=O) groups excluding carboxylic acids is 2. The van der Waals surface area contributed by atoms with Gasteiger partial charge in [-0.1, -0.05) is 33.1 Å². The van der Waals surface area contributed by atoms with E-state index in [1.165, 1.54) is 0 Å². The van der Waals surface area contributed by atoms with Crippen molar-refractivity contribution in [3.05, 3.63) is 0 Å².